The Balaban J connectivity index is 1.56. The third-order valence-electron chi connectivity index (χ3n) is 4.12. The molecule has 1 aliphatic rings. The van der Waals surface area contributed by atoms with E-state index in [2.05, 4.69) is 5.16 Å². The maximum Gasteiger partial charge on any atom is 0.243 e. The highest BCUT2D eigenvalue weighted by molar-refractivity contribution is 7.89. The van der Waals surface area contributed by atoms with Gasteiger partial charge in [0.2, 0.25) is 10.0 Å². The van der Waals surface area contributed by atoms with Crippen LogP contribution in [0.25, 0.3) is 0 Å². The van der Waals surface area contributed by atoms with Gasteiger partial charge in [-0.2, -0.15) is 4.31 Å². The van der Waals surface area contributed by atoms with Gasteiger partial charge in [-0.1, -0.05) is 23.4 Å². The van der Waals surface area contributed by atoms with Crippen LogP contribution < -0.4 is 0 Å². The molecule has 1 heterocycles. The third-order valence-corrected chi connectivity index (χ3v) is 6.01. The second kappa shape index (κ2) is 7.76. The summed E-state index contributed by atoms with van der Waals surface area (Å²) in [6.07, 6.45) is 0.987. The highest BCUT2D eigenvalue weighted by Crippen LogP contribution is 2.22. The average Bonchev–Trinajstić information content (AvgIpc) is 2.64. The normalized spacial score (nSPS) is 15.6. The summed E-state index contributed by atoms with van der Waals surface area (Å²) < 4.78 is 26.6. The van der Waals surface area contributed by atoms with Gasteiger partial charge < -0.3 is 15.1 Å². The number of oxime groups is 1. The molecule has 0 spiro atoms. The lowest BCUT2D eigenvalue weighted by Crippen LogP contribution is -2.38. The van der Waals surface area contributed by atoms with Gasteiger partial charge in [-0.15, -0.1) is 0 Å². The van der Waals surface area contributed by atoms with Gasteiger partial charge in [0, 0.05) is 25.9 Å². The molecule has 1 fully saturated rings. The van der Waals surface area contributed by atoms with Gasteiger partial charge in [-0.25, -0.2) is 8.42 Å². The molecule has 8 heteroatoms. The van der Waals surface area contributed by atoms with Gasteiger partial charge in [0.05, 0.1) is 10.6 Å². The number of phenols is 2. The summed E-state index contributed by atoms with van der Waals surface area (Å²) in [6, 6.07) is 12.3. The summed E-state index contributed by atoms with van der Waals surface area (Å²) in [5, 5.41) is 22.8. The molecule has 0 bridgehead atoms. The summed E-state index contributed by atoms with van der Waals surface area (Å²) in [4.78, 5) is 5.41. The van der Waals surface area contributed by atoms with Gasteiger partial charge in [-0.05, 0) is 35.9 Å². The number of hydrogen-bond donors (Lipinski definition) is 2. The molecule has 1 aliphatic heterocycles. The van der Waals surface area contributed by atoms with Gasteiger partial charge in [-0.3, -0.25) is 0 Å². The number of phenolic OH excluding ortho intramolecular Hbond substituents is 2. The van der Waals surface area contributed by atoms with Crippen molar-refractivity contribution >= 4 is 15.7 Å². The molecule has 3 rings (SSSR count). The highest BCUT2D eigenvalue weighted by Gasteiger charge is 2.28. The van der Waals surface area contributed by atoms with Crippen molar-refractivity contribution in [2.24, 2.45) is 5.16 Å². The lowest BCUT2D eigenvalue weighted by atomic mass is 10.1. The van der Waals surface area contributed by atoms with E-state index in [1.165, 1.54) is 28.6 Å². The molecule has 1 saturated heterocycles. The first-order chi connectivity index (χ1) is 12.4. The second-order valence-electron chi connectivity index (χ2n) is 6.00. The summed E-state index contributed by atoms with van der Waals surface area (Å²) >= 11 is 0. The Hall–Kier alpha value is -2.58. The van der Waals surface area contributed by atoms with Crippen LogP contribution in [0.3, 0.4) is 0 Å². The quantitative estimate of drug-likeness (QED) is 0.781. The maximum absolute atomic E-state index is 12.6. The topological polar surface area (TPSA) is 99.4 Å². The van der Waals surface area contributed by atoms with E-state index < -0.39 is 10.0 Å². The minimum absolute atomic E-state index is 0.0760. The Morgan fingerprint density at radius 2 is 1.69 bits per heavy atom. The Morgan fingerprint density at radius 1 is 1.00 bits per heavy atom. The van der Waals surface area contributed by atoms with Crippen LogP contribution in [0.4, 0.5) is 0 Å². The summed E-state index contributed by atoms with van der Waals surface area (Å²) in [5.74, 6) is 0.119. The van der Waals surface area contributed by atoms with Crippen LogP contribution in [0.5, 0.6) is 11.5 Å². The zero-order valence-corrected chi connectivity index (χ0v) is 14.9. The van der Waals surface area contributed by atoms with Crippen LogP contribution >= 0.6 is 0 Å². The minimum Gasteiger partial charge on any atom is -0.508 e. The fourth-order valence-electron chi connectivity index (χ4n) is 2.66. The van der Waals surface area contributed by atoms with Crippen LogP contribution in [0.2, 0.25) is 0 Å². The lowest BCUT2D eigenvalue weighted by molar-refractivity contribution is 0.128. The number of benzene rings is 2. The van der Waals surface area contributed by atoms with Crippen molar-refractivity contribution in [2.75, 3.05) is 13.1 Å². The Morgan fingerprint density at radius 3 is 2.35 bits per heavy atom. The summed E-state index contributed by atoms with van der Waals surface area (Å²) in [7, 11) is -3.62. The average molecular weight is 376 g/mol. The molecule has 2 aromatic carbocycles. The van der Waals surface area contributed by atoms with Crippen LogP contribution in [0.15, 0.2) is 58.6 Å². The zero-order valence-electron chi connectivity index (χ0n) is 14.1. The largest absolute Gasteiger partial charge is 0.508 e. The molecule has 0 amide bonds. The number of sulfonamides is 1. The number of hydrogen-bond acceptors (Lipinski definition) is 6. The van der Waals surface area contributed by atoms with Crippen molar-refractivity contribution in [1.29, 1.82) is 0 Å². The Kier molecular flexibility index (Phi) is 5.43. The second-order valence-corrected chi connectivity index (χ2v) is 7.94. The van der Waals surface area contributed by atoms with E-state index in [-0.39, 0.29) is 23.0 Å². The predicted molar refractivity (Wildman–Crippen MR) is 96.4 cm³/mol. The molecule has 138 valence electrons. The van der Waals surface area contributed by atoms with Crippen molar-refractivity contribution in [3.05, 3.63) is 54.1 Å². The van der Waals surface area contributed by atoms with Gasteiger partial charge in [0.1, 0.15) is 18.1 Å². The first-order valence-electron chi connectivity index (χ1n) is 8.20. The fourth-order valence-corrected chi connectivity index (χ4v) is 4.14. The molecule has 26 heavy (non-hydrogen) atoms. The van der Waals surface area contributed by atoms with E-state index in [0.29, 0.717) is 25.9 Å². The van der Waals surface area contributed by atoms with Crippen LogP contribution in [-0.2, 0) is 21.5 Å². The molecule has 0 aromatic heterocycles. The molecule has 0 saturated carbocycles. The van der Waals surface area contributed by atoms with Crippen LogP contribution in [-0.4, -0.2) is 41.7 Å². The molecule has 2 aromatic rings. The predicted octanol–water partition coefficient (Wildman–Crippen LogP) is 2.46. The van der Waals surface area contributed by atoms with Crippen molar-refractivity contribution in [2.45, 2.75) is 24.3 Å². The number of nitrogens with zero attached hydrogens (tertiary/aromatic N) is 2. The molecule has 2 N–H and O–H groups in total. The molecule has 0 atom stereocenters. The minimum atomic E-state index is -3.62. The fraction of sp³-hybridized carbons (Fsp3) is 0.278. The van der Waals surface area contributed by atoms with Crippen molar-refractivity contribution < 1.29 is 23.5 Å². The number of aromatic hydroxyl groups is 2. The first-order valence-corrected chi connectivity index (χ1v) is 9.64. The first kappa shape index (κ1) is 18.2. The Labute approximate surface area is 152 Å². The van der Waals surface area contributed by atoms with Crippen molar-refractivity contribution in [3.63, 3.8) is 0 Å². The highest BCUT2D eigenvalue weighted by atomic mass is 32.2. The van der Waals surface area contributed by atoms with Gasteiger partial charge >= 0.3 is 0 Å². The molecule has 0 aliphatic carbocycles. The van der Waals surface area contributed by atoms with E-state index in [9.17, 15) is 18.6 Å². The van der Waals surface area contributed by atoms with E-state index >= 15 is 0 Å². The maximum atomic E-state index is 12.6. The van der Waals surface area contributed by atoms with Crippen molar-refractivity contribution in [1.82, 2.24) is 4.31 Å². The van der Waals surface area contributed by atoms with Crippen molar-refractivity contribution in [3.8, 4) is 11.5 Å². The molecule has 7 nitrogen and oxygen atoms in total. The van der Waals surface area contributed by atoms with Gasteiger partial charge in [0.15, 0.2) is 0 Å². The van der Waals surface area contributed by atoms with E-state index in [1.54, 1.807) is 24.3 Å². The summed E-state index contributed by atoms with van der Waals surface area (Å²) in [6.45, 7) is 0.924. The molecular weight excluding hydrogens is 356 g/mol. The third kappa shape index (κ3) is 4.33. The molecule has 0 radical (unpaired) electrons. The lowest BCUT2D eigenvalue weighted by Gasteiger charge is -2.26. The number of piperidine rings is 1. The van der Waals surface area contributed by atoms with E-state index in [1.807, 2.05) is 0 Å². The molecule has 0 unspecified atom stereocenters. The number of rotatable bonds is 5. The zero-order chi connectivity index (χ0) is 18.6. The smallest absolute Gasteiger partial charge is 0.243 e. The van der Waals surface area contributed by atoms with E-state index in [0.717, 1.165) is 11.3 Å². The molecular formula is C18H20N2O5S. The monoisotopic (exact) mass is 376 g/mol. The standard InChI is InChI=1S/C18H20N2O5S/c21-16-6-4-14(5-7-16)13-25-19-15-8-10-20(11-9-15)26(23,24)18-3-1-2-17(22)12-18/h1-7,12,21-22H,8-11,13H2. The van der Waals surface area contributed by atoms with Crippen LogP contribution in [0.1, 0.15) is 18.4 Å². The van der Waals surface area contributed by atoms with Gasteiger partial charge in [0.25, 0.3) is 0 Å². The SMILES string of the molecule is O=S(=O)(c1cccc(O)c1)N1CCC(=NOCc2ccc(O)cc2)CC1. The summed E-state index contributed by atoms with van der Waals surface area (Å²) in [5.41, 5.74) is 1.70. The van der Waals surface area contributed by atoms with E-state index in [4.69, 9.17) is 4.84 Å². The van der Waals surface area contributed by atoms with Crippen LogP contribution in [0, 0.1) is 0 Å². The Bertz CT molecular complexity index is 884.